The molecule has 24 heavy (non-hydrogen) atoms. The zero-order valence-corrected chi connectivity index (χ0v) is 15.0. The molecule has 1 aliphatic rings. The van der Waals surface area contributed by atoms with Crippen molar-refractivity contribution in [2.24, 2.45) is 0 Å². The highest BCUT2D eigenvalue weighted by atomic mass is 32.2. The minimum absolute atomic E-state index is 0.0658. The summed E-state index contributed by atoms with van der Waals surface area (Å²) in [5.41, 5.74) is 0.993. The fraction of sp³-hybridized carbons (Fsp3) is 0.400. The third-order valence-electron chi connectivity index (χ3n) is 3.69. The van der Waals surface area contributed by atoms with Crippen molar-refractivity contribution in [3.63, 3.8) is 0 Å². The highest BCUT2D eigenvalue weighted by Gasteiger charge is 2.28. The first-order valence-electron chi connectivity index (χ1n) is 7.66. The van der Waals surface area contributed by atoms with E-state index in [2.05, 4.69) is 20.2 Å². The second-order valence-corrected chi connectivity index (χ2v) is 8.43. The molecule has 1 heterocycles. The number of rotatable bonds is 6. The fourth-order valence-electron chi connectivity index (χ4n) is 2.23. The van der Waals surface area contributed by atoms with Crippen molar-refractivity contribution >= 4 is 32.4 Å². The Morgan fingerprint density at radius 1 is 1.33 bits per heavy atom. The molecule has 3 rings (SSSR count). The number of aromatic nitrogens is 2. The Morgan fingerprint density at radius 3 is 2.75 bits per heavy atom. The summed E-state index contributed by atoms with van der Waals surface area (Å²) in [6, 6.07) is 4.49. The van der Waals surface area contributed by atoms with E-state index in [9.17, 15) is 13.2 Å². The van der Waals surface area contributed by atoms with Crippen molar-refractivity contribution in [2.45, 2.75) is 37.5 Å². The highest BCUT2D eigenvalue weighted by molar-refractivity contribution is 7.89. The molecule has 1 amide bonds. The van der Waals surface area contributed by atoms with E-state index < -0.39 is 10.0 Å². The summed E-state index contributed by atoms with van der Waals surface area (Å²) in [6.07, 6.45) is 2.23. The number of nitrogens with one attached hydrogen (secondary N) is 2. The van der Waals surface area contributed by atoms with Crippen LogP contribution in [0.5, 0.6) is 0 Å². The van der Waals surface area contributed by atoms with Gasteiger partial charge in [0.1, 0.15) is 5.01 Å². The molecule has 128 valence electrons. The summed E-state index contributed by atoms with van der Waals surface area (Å²) in [5, 5.41) is 12.1. The van der Waals surface area contributed by atoms with Crippen molar-refractivity contribution in [2.75, 3.05) is 11.9 Å². The molecule has 0 saturated heterocycles. The number of nitrogens with zero attached hydrogens (tertiary/aromatic N) is 2. The van der Waals surface area contributed by atoms with Crippen LogP contribution in [0, 0.1) is 6.92 Å². The minimum atomic E-state index is -3.61. The van der Waals surface area contributed by atoms with E-state index in [4.69, 9.17) is 0 Å². The van der Waals surface area contributed by atoms with Crippen LogP contribution in [0.1, 0.15) is 46.6 Å². The maximum Gasteiger partial charge on any atom is 0.257 e. The number of aryl methyl sites for hydroxylation is 1. The summed E-state index contributed by atoms with van der Waals surface area (Å²) < 4.78 is 26.6. The van der Waals surface area contributed by atoms with Gasteiger partial charge in [-0.1, -0.05) is 24.3 Å². The van der Waals surface area contributed by atoms with Gasteiger partial charge in [-0.3, -0.25) is 10.1 Å². The lowest BCUT2D eigenvalue weighted by Crippen LogP contribution is -2.24. The molecule has 0 unspecified atom stereocenters. The van der Waals surface area contributed by atoms with E-state index in [0.29, 0.717) is 22.2 Å². The molecule has 2 aromatic rings. The lowest BCUT2D eigenvalue weighted by molar-refractivity contribution is 0.102. The summed E-state index contributed by atoms with van der Waals surface area (Å²) in [4.78, 5) is 12.5. The van der Waals surface area contributed by atoms with Gasteiger partial charge in [-0.2, -0.15) is 0 Å². The van der Waals surface area contributed by atoms with Gasteiger partial charge in [0.25, 0.3) is 5.91 Å². The molecule has 1 fully saturated rings. The lowest BCUT2D eigenvalue weighted by atomic mass is 10.1. The van der Waals surface area contributed by atoms with Gasteiger partial charge in [-0.05, 0) is 37.5 Å². The largest absolute Gasteiger partial charge is 0.296 e. The van der Waals surface area contributed by atoms with Crippen LogP contribution in [0.25, 0.3) is 0 Å². The molecule has 0 spiro atoms. The minimum Gasteiger partial charge on any atom is -0.296 e. The van der Waals surface area contributed by atoms with Crippen LogP contribution >= 0.6 is 11.3 Å². The third-order valence-corrected chi connectivity index (χ3v) is 6.23. The quantitative estimate of drug-likeness (QED) is 0.817. The zero-order chi connectivity index (χ0) is 17.3. The Kier molecular flexibility index (Phi) is 4.66. The van der Waals surface area contributed by atoms with Gasteiger partial charge in [0.15, 0.2) is 0 Å². The van der Waals surface area contributed by atoms with Crippen LogP contribution in [-0.4, -0.2) is 31.1 Å². The van der Waals surface area contributed by atoms with Gasteiger partial charge in [-0.25, -0.2) is 13.1 Å². The molecular weight excluding hydrogens is 348 g/mol. The van der Waals surface area contributed by atoms with Crippen molar-refractivity contribution in [1.29, 1.82) is 0 Å². The average molecular weight is 366 g/mol. The molecule has 0 atom stereocenters. The standard InChI is InChI=1S/C15H18N4O3S2/c1-3-16-24(21,22)11-7-4-9(2)12(8-11)13(20)17-15-19-18-14(23-15)10-5-6-10/h4,7-8,10,16H,3,5-6H2,1-2H3,(H,17,19,20). The van der Waals surface area contributed by atoms with Gasteiger partial charge in [0, 0.05) is 18.0 Å². The smallest absolute Gasteiger partial charge is 0.257 e. The number of amides is 1. The normalized spacial score (nSPS) is 14.6. The Hall–Kier alpha value is -1.84. The molecule has 9 heteroatoms. The maximum atomic E-state index is 12.5. The number of sulfonamides is 1. The van der Waals surface area contributed by atoms with E-state index in [1.54, 1.807) is 19.9 Å². The average Bonchev–Trinajstić information content (AvgIpc) is 3.27. The molecule has 1 aromatic carbocycles. The molecule has 1 aliphatic carbocycles. The van der Waals surface area contributed by atoms with Crippen molar-refractivity contribution < 1.29 is 13.2 Å². The van der Waals surface area contributed by atoms with Crippen molar-refractivity contribution in [3.05, 3.63) is 34.3 Å². The van der Waals surface area contributed by atoms with E-state index in [0.717, 1.165) is 17.8 Å². The fourth-order valence-corrected chi connectivity index (χ4v) is 4.21. The predicted octanol–water partition coefficient (Wildman–Crippen LogP) is 2.27. The first kappa shape index (κ1) is 17.0. The summed E-state index contributed by atoms with van der Waals surface area (Å²) in [7, 11) is -3.61. The molecule has 7 nitrogen and oxygen atoms in total. The van der Waals surface area contributed by atoms with Crippen molar-refractivity contribution in [3.8, 4) is 0 Å². The van der Waals surface area contributed by atoms with Crippen LogP contribution < -0.4 is 10.0 Å². The SMILES string of the molecule is CCNS(=O)(=O)c1ccc(C)c(C(=O)Nc2nnc(C3CC3)s2)c1. The van der Waals surface area contributed by atoms with E-state index in [-0.39, 0.29) is 17.3 Å². The number of benzene rings is 1. The molecule has 0 aliphatic heterocycles. The maximum absolute atomic E-state index is 12.5. The van der Waals surface area contributed by atoms with Gasteiger partial charge in [0.05, 0.1) is 4.90 Å². The zero-order valence-electron chi connectivity index (χ0n) is 13.4. The van der Waals surface area contributed by atoms with Gasteiger partial charge >= 0.3 is 0 Å². The Balaban J connectivity index is 1.82. The number of hydrogen-bond acceptors (Lipinski definition) is 6. The van der Waals surface area contributed by atoms with Crippen LogP contribution in [0.4, 0.5) is 5.13 Å². The van der Waals surface area contributed by atoms with Crippen LogP contribution in [-0.2, 0) is 10.0 Å². The van der Waals surface area contributed by atoms with Gasteiger partial charge < -0.3 is 0 Å². The second kappa shape index (κ2) is 6.58. The van der Waals surface area contributed by atoms with E-state index >= 15 is 0 Å². The molecular formula is C15H18N4O3S2. The summed E-state index contributed by atoms with van der Waals surface area (Å²) in [6.45, 7) is 3.74. The van der Waals surface area contributed by atoms with Crippen LogP contribution in [0.15, 0.2) is 23.1 Å². The van der Waals surface area contributed by atoms with Crippen LogP contribution in [0.3, 0.4) is 0 Å². The lowest BCUT2D eigenvalue weighted by Gasteiger charge is -2.09. The number of carbonyl (C=O) groups is 1. The first-order valence-corrected chi connectivity index (χ1v) is 9.95. The molecule has 1 aromatic heterocycles. The number of hydrogen-bond donors (Lipinski definition) is 2. The number of anilines is 1. The summed E-state index contributed by atoms with van der Waals surface area (Å²) >= 11 is 1.37. The van der Waals surface area contributed by atoms with Crippen LogP contribution in [0.2, 0.25) is 0 Å². The topological polar surface area (TPSA) is 101 Å². The summed E-state index contributed by atoms with van der Waals surface area (Å²) in [5.74, 6) is 0.0861. The number of carbonyl (C=O) groups excluding carboxylic acids is 1. The first-order chi connectivity index (χ1) is 11.4. The molecule has 2 N–H and O–H groups in total. The Morgan fingerprint density at radius 2 is 2.08 bits per heavy atom. The Bertz CT molecular complexity index is 873. The van der Waals surface area contributed by atoms with Gasteiger partial charge in [-0.15, -0.1) is 10.2 Å². The predicted molar refractivity (Wildman–Crippen MR) is 91.9 cm³/mol. The molecule has 0 radical (unpaired) electrons. The molecule has 1 saturated carbocycles. The van der Waals surface area contributed by atoms with Crippen molar-refractivity contribution in [1.82, 2.24) is 14.9 Å². The third kappa shape index (κ3) is 3.63. The Labute approximate surface area is 144 Å². The molecule has 0 bridgehead atoms. The van der Waals surface area contributed by atoms with E-state index in [1.165, 1.54) is 23.5 Å². The highest BCUT2D eigenvalue weighted by Crippen LogP contribution is 2.42. The second-order valence-electron chi connectivity index (χ2n) is 5.65. The monoisotopic (exact) mass is 366 g/mol. The van der Waals surface area contributed by atoms with E-state index in [1.807, 2.05) is 0 Å². The van der Waals surface area contributed by atoms with Gasteiger partial charge in [0.2, 0.25) is 15.2 Å².